The van der Waals surface area contributed by atoms with Gasteiger partial charge >= 0.3 is 0 Å². The summed E-state index contributed by atoms with van der Waals surface area (Å²) in [7, 11) is 0. The molecule has 4 heteroatoms. The number of rotatable bonds is 4. The van der Waals surface area contributed by atoms with Crippen LogP contribution >= 0.6 is 0 Å². The maximum atomic E-state index is 5.60. The minimum atomic E-state index is 0.435. The molecule has 3 rings (SSSR count). The lowest BCUT2D eigenvalue weighted by Crippen LogP contribution is -1.95. The zero-order chi connectivity index (χ0) is 13.9. The summed E-state index contributed by atoms with van der Waals surface area (Å²) in [6.45, 7) is 2.63. The largest absolute Gasteiger partial charge is 0.325 e. The predicted molar refractivity (Wildman–Crippen MR) is 80.3 cm³/mol. The zero-order valence-electron chi connectivity index (χ0n) is 11.6. The van der Waals surface area contributed by atoms with Crippen molar-refractivity contribution in [3.8, 4) is 11.3 Å². The van der Waals surface area contributed by atoms with Crippen molar-refractivity contribution >= 4 is 5.65 Å². The summed E-state index contributed by atoms with van der Waals surface area (Å²) in [5.41, 5.74) is 10.7. The molecule has 0 atom stereocenters. The van der Waals surface area contributed by atoms with E-state index < -0.39 is 0 Å². The van der Waals surface area contributed by atoms with E-state index in [1.165, 1.54) is 12.0 Å². The van der Waals surface area contributed by atoms with Crippen LogP contribution in [-0.4, -0.2) is 14.6 Å². The first-order valence-corrected chi connectivity index (χ1v) is 6.95. The molecule has 0 radical (unpaired) electrons. The molecule has 3 aromatic rings. The number of aryl methyl sites for hydroxylation is 1. The van der Waals surface area contributed by atoms with Crippen LogP contribution in [0.15, 0.2) is 42.6 Å². The Morgan fingerprint density at radius 2 is 1.90 bits per heavy atom. The van der Waals surface area contributed by atoms with Crippen LogP contribution in [0, 0.1) is 0 Å². The Morgan fingerprint density at radius 1 is 1.10 bits per heavy atom. The third-order valence-corrected chi connectivity index (χ3v) is 3.37. The molecule has 2 N–H and O–H groups in total. The van der Waals surface area contributed by atoms with Gasteiger partial charge in [-0.25, -0.2) is 9.50 Å². The Labute approximate surface area is 118 Å². The highest BCUT2D eigenvalue weighted by Crippen LogP contribution is 2.18. The summed E-state index contributed by atoms with van der Waals surface area (Å²) in [6, 6.07) is 12.6. The quantitative estimate of drug-likeness (QED) is 0.790. The summed E-state index contributed by atoms with van der Waals surface area (Å²) in [4.78, 5) is 4.38. The number of fused-ring (bicyclic) bond motifs is 1. The van der Waals surface area contributed by atoms with Crippen LogP contribution in [0.2, 0.25) is 0 Å². The number of benzene rings is 1. The van der Waals surface area contributed by atoms with Gasteiger partial charge in [-0.15, -0.1) is 0 Å². The normalized spacial score (nSPS) is 11.1. The van der Waals surface area contributed by atoms with Crippen LogP contribution in [0.1, 0.15) is 24.6 Å². The van der Waals surface area contributed by atoms with Gasteiger partial charge in [-0.05, 0) is 24.1 Å². The molecule has 0 unspecified atom stereocenters. The highest BCUT2D eigenvalue weighted by molar-refractivity contribution is 5.60. The molecule has 0 aliphatic heterocycles. The lowest BCUT2D eigenvalue weighted by Gasteiger charge is -2.03. The molecular weight excluding hydrogens is 248 g/mol. The van der Waals surface area contributed by atoms with E-state index in [0.29, 0.717) is 6.54 Å². The number of aromatic nitrogens is 3. The summed E-state index contributed by atoms with van der Waals surface area (Å²) >= 11 is 0. The summed E-state index contributed by atoms with van der Waals surface area (Å²) in [5.74, 6) is 0. The lowest BCUT2D eigenvalue weighted by molar-refractivity contribution is 0.920. The molecule has 0 saturated heterocycles. The van der Waals surface area contributed by atoms with Crippen LogP contribution in [-0.2, 0) is 13.0 Å². The number of nitrogens with zero attached hydrogens (tertiary/aromatic N) is 3. The van der Waals surface area contributed by atoms with E-state index >= 15 is 0 Å². The number of hydrogen-bond acceptors (Lipinski definition) is 3. The molecule has 0 aliphatic carbocycles. The van der Waals surface area contributed by atoms with Gasteiger partial charge in [0.05, 0.1) is 17.6 Å². The first-order chi connectivity index (χ1) is 9.80. The Hall–Kier alpha value is -2.20. The molecule has 4 nitrogen and oxygen atoms in total. The van der Waals surface area contributed by atoms with Gasteiger partial charge in [0.1, 0.15) is 0 Å². The van der Waals surface area contributed by atoms with Crippen molar-refractivity contribution in [1.29, 1.82) is 0 Å². The average Bonchev–Trinajstić information content (AvgIpc) is 2.90. The zero-order valence-corrected chi connectivity index (χ0v) is 11.6. The fourth-order valence-corrected chi connectivity index (χ4v) is 2.31. The van der Waals surface area contributed by atoms with Crippen molar-refractivity contribution in [3.63, 3.8) is 0 Å². The van der Waals surface area contributed by atoms with Crippen LogP contribution in [0.5, 0.6) is 0 Å². The Kier molecular flexibility index (Phi) is 3.48. The number of hydrogen-bond donors (Lipinski definition) is 1. The van der Waals surface area contributed by atoms with Crippen molar-refractivity contribution in [2.45, 2.75) is 26.3 Å². The minimum absolute atomic E-state index is 0.435. The van der Waals surface area contributed by atoms with Gasteiger partial charge in [0.25, 0.3) is 0 Å². The van der Waals surface area contributed by atoms with Crippen molar-refractivity contribution in [3.05, 3.63) is 53.9 Å². The minimum Gasteiger partial charge on any atom is -0.325 e. The Morgan fingerprint density at radius 3 is 2.60 bits per heavy atom. The summed E-state index contributed by atoms with van der Waals surface area (Å²) in [6.07, 6.45) is 4.17. The molecule has 2 aromatic heterocycles. The maximum Gasteiger partial charge on any atom is 0.153 e. The third-order valence-electron chi connectivity index (χ3n) is 3.37. The van der Waals surface area contributed by atoms with Crippen LogP contribution in [0.25, 0.3) is 16.9 Å². The SMILES string of the molecule is CCCc1ccc(-c2ccc3nc(CN)cn3n2)cc1. The topological polar surface area (TPSA) is 56.2 Å². The Balaban J connectivity index is 1.96. The molecule has 2 heterocycles. The highest BCUT2D eigenvalue weighted by atomic mass is 15.2. The molecule has 0 fully saturated rings. The van der Waals surface area contributed by atoms with Crippen LogP contribution in [0.3, 0.4) is 0 Å². The van der Waals surface area contributed by atoms with E-state index in [-0.39, 0.29) is 0 Å². The molecule has 0 amide bonds. The van der Waals surface area contributed by atoms with Crippen molar-refractivity contribution in [1.82, 2.24) is 14.6 Å². The first-order valence-electron chi connectivity index (χ1n) is 6.95. The molecule has 1 aromatic carbocycles. The summed E-state index contributed by atoms with van der Waals surface area (Å²) in [5, 5.41) is 4.59. The first kappa shape index (κ1) is 12.8. The maximum absolute atomic E-state index is 5.60. The van der Waals surface area contributed by atoms with E-state index in [4.69, 9.17) is 5.73 Å². The lowest BCUT2D eigenvalue weighted by atomic mass is 10.1. The standard InChI is InChI=1S/C16H18N4/c1-2-3-12-4-6-13(7-5-12)15-8-9-16-18-14(10-17)11-20(16)19-15/h4-9,11H,2-3,10,17H2,1H3. The second kappa shape index (κ2) is 5.43. The molecule has 102 valence electrons. The second-order valence-electron chi connectivity index (χ2n) is 4.90. The molecule has 0 aliphatic rings. The van der Waals surface area contributed by atoms with E-state index in [0.717, 1.165) is 29.0 Å². The third kappa shape index (κ3) is 2.42. The smallest absolute Gasteiger partial charge is 0.153 e. The van der Waals surface area contributed by atoms with Crippen molar-refractivity contribution < 1.29 is 0 Å². The monoisotopic (exact) mass is 266 g/mol. The Bertz CT molecular complexity index is 713. The van der Waals surface area contributed by atoms with Crippen LogP contribution in [0.4, 0.5) is 0 Å². The van der Waals surface area contributed by atoms with Gasteiger partial charge in [-0.3, -0.25) is 0 Å². The van der Waals surface area contributed by atoms with Gasteiger partial charge in [0, 0.05) is 12.1 Å². The molecule has 20 heavy (non-hydrogen) atoms. The molecule has 0 spiro atoms. The van der Waals surface area contributed by atoms with Crippen molar-refractivity contribution in [2.24, 2.45) is 5.73 Å². The summed E-state index contributed by atoms with van der Waals surface area (Å²) < 4.78 is 1.79. The molecular formula is C16H18N4. The van der Waals surface area contributed by atoms with Crippen molar-refractivity contribution in [2.75, 3.05) is 0 Å². The van der Waals surface area contributed by atoms with Gasteiger partial charge in [-0.1, -0.05) is 37.6 Å². The highest BCUT2D eigenvalue weighted by Gasteiger charge is 2.04. The predicted octanol–water partition coefficient (Wildman–Crippen LogP) is 2.81. The fourth-order valence-electron chi connectivity index (χ4n) is 2.31. The molecule has 0 saturated carbocycles. The van der Waals surface area contributed by atoms with Gasteiger partial charge in [0.15, 0.2) is 5.65 Å². The van der Waals surface area contributed by atoms with Gasteiger partial charge < -0.3 is 5.73 Å². The van der Waals surface area contributed by atoms with Crippen LogP contribution < -0.4 is 5.73 Å². The van der Waals surface area contributed by atoms with Gasteiger partial charge in [0.2, 0.25) is 0 Å². The average molecular weight is 266 g/mol. The molecule has 0 bridgehead atoms. The van der Waals surface area contributed by atoms with E-state index in [1.807, 2.05) is 18.3 Å². The van der Waals surface area contributed by atoms with E-state index in [1.54, 1.807) is 4.52 Å². The fraction of sp³-hybridized carbons (Fsp3) is 0.250. The van der Waals surface area contributed by atoms with E-state index in [2.05, 4.69) is 41.3 Å². The number of imidazole rings is 1. The van der Waals surface area contributed by atoms with E-state index in [9.17, 15) is 0 Å². The van der Waals surface area contributed by atoms with Gasteiger partial charge in [-0.2, -0.15) is 5.10 Å². The number of nitrogens with two attached hydrogens (primary N) is 1. The second-order valence-corrected chi connectivity index (χ2v) is 4.90.